The molecule has 31 heavy (non-hydrogen) atoms. The van der Waals surface area contributed by atoms with Crippen LogP contribution in [-0.2, 0) is 0 Å². The number of pyridine rings is 1. The minimum atomic E-state index is -1.06. The Morgan fingerprint density at radius 2 is 1.87 bits per heavy atom. The number of carbonyl (C=O) groups excluding carboxylic acids is 1. The van der Waals surface area contributed by atoms with Gasteiger partial charge < -0.3 is 21.9 Å². The summed E-state index contributed by atoms with van der Waals surface area (Å²) in [6.07, 6.45) is 2.87. The average Bonchev–Trinajstić information content (AvgIpc) is 2.73. The van der Waals surface area contributed by atoms with Crippen LogP contribution in [0.25, 0.3) is 22.0 Å². The summed E-state index contributed by atoms with van der Waals surface area (Å²) in [5, 5.41) is 13.0. The number of hydrogen-bond acceptors (Lipinski definition) is 7. The molecule has 0 saturated carbocycles. The van der Waals surface area contributed by atoms with Gasteiger partial charge in [-0.25, -0.2) is 14.8 Å². The van der Waals surface area contributed by atoms with Crippen molar-refractivity contribution in [2.45, 2.75) is 0 Å². The molecule has 6 N–H and O–H groups in total. The zero-order valence-corrected chi connectivity index (χ0v) is 16.6. The Morgan fingerprint density at radius 3 is 2.58 bits per heavy atom. The lowest BCUT2D eigenvalue weighted by Gasteiger charge is -2.14. The molecule has 1 amide bonds. The molecule has 4 aromatic rings. The van der Waals surface area contributed by atoms with Gasteiger partial charge in [0.15, 0.2) is 0 Å². The smallest absolute Gasteiger partial charge is 0.335 e. The van der Waals surface area contributed by atoms with E-state index in [4.69, 9.17) is 23.1 Å². The normalized spacial score (nSPS) is 10.7. The number of nitrogen functional groups attached to an aromatic ring is 1. The van der Waals surface area contributed by atoms with E-state index in [0.29, 0.717) is 33.4 Å². The molecule has 0 radical (unpaired) electrons. The molecule has 10 heteroatoms. The summed E-state index contributed by atoms with van der Waals surface area (Å²) in [5.41, 5.74) is 14.5. The number of benzene rings is 2. The van der Waals surface area contributed by atoms with Gasteiger partial charge in [0, 0.05) is 29.0 Å². The molecule has 154 valence electrons. The summed E-state index contributed by atoms with van der Waals surface area (Å²) in [5.74, 6) is -1.52. The number of primary amides is 1. The summed E-state index contributed by atoms with van der Waals surface area (Å²) in [4.78, 5) is 35.5. The number of aromatic carboxylic acids is 1. The third-order valence-electron chi connectivity index (χ3n) is 4.61. The number of nitrogens with one attached hydrogen (secondary N) is 1. The number of nitrogens with zero attached hydrogens (tertiary/aromatic N) is 3. The summed E-state index contributed by atoms with van der Waals surface area (Å²) in [7, 11) is 0. The van der Waals surface area contributed by atoms with Crippen molar-refractivity contribution in [1.29, 1.82) is 0 Å². The van der Waals surface area contributed by atoms with Crippen molar-refractivity contribution in [3.63, 3.8) is 0 Å². The largest absolute Gasteiger partial charge is 0.478 e. The summed E-state index contributed by atoms with van der Waals surface area (Å²) >= 11 is 5.77. The number of rotatable bonds is 5. The van der Waals surface area contributed by atoms with Gasteiger partial charge in [-0.3, -0.25) is 9.78 Å². The maximum atomic E-state index is 12.0. The van der Waals surface area contributed by atoms with E-state index in [1.165, 1.54) is 24.5 Å². The highest BCUT2D eigenvalue weighted by Crippen LogP contribution is 2.33. The lowest BCUT2D eigenvalue weighted by atomic mass is 10.0. The van der Waals surface area contributed by atoms with E-state index in [-0.39, 0.29) is 22.2 Å². The van der Waals surface area contributed by atoms with Crippen LogP contribution < -0.4 is 16.8 Å². The molecule has 0 atom stereocenters. The summed E-state index contributed by atoms with van der Waals surface area (Å²) in [6, 6.07) is 11.5. The molecule has 2 aromatic heterocycles. The summed E-state index contributed by atoms with van der Waals surface area (Å²) in [6.45, 7) is 0. The number of carboxylic acids is 1. The predicted molar refractivity (Wildman–Crippen MR) is 117 cm³/mol. The number of amides is 1. The van der Waals surface area contributed by atoms with E-state index in [0.717, 1.165) is 0 Å². The van der Waals surface area contributed by atoms with Crippen LogP contribution in [0.1, 0.15) is 20.7 Å². The third kappa shape index (κ3) is 3.94. The molecule has 0 unspecified atom stereocenters. The van der Waals surface area contributed by atoms with Crippen molar-refractivity contribution in [1.82, 2.24) is 15.0 Å². The summed E-state index contributed by atoms with van der Waals surface area (Å²) < 4.78 is 0. The molecule has 9 nitrogen and oxygen atoms in total. The van der Waals surface area contributed by atoms with E-state index >= 15 is 0 Å². The van der Waals surface area contributed by atoms with Gasteiger partial charge in [-0.15, -0.1) is 0 Å². The number of aromatic nitrogens is 3. The van der Waals surface area contributed by atoms with E-state index < -0.39 is 11.9 Å². The van der Waals surface area contributed by atoms with Crippen LogP contribution in [0.3, 0.4) is 0 Å². The topological polar surface area (TPSA) is 157 Å². The van der Waals surface area contributed by atoms with Crippen molar-refractivity contribution < 1.29 is 14.7 Å². The van der Waals surface area contributed by atoms with Crippen molar-refractivity contribution in [2.24, 2.45) is 5.73 Å². The van der Waals surface area contributed by atoms with Crippen LogP contribution in [0, 0.1) is 0 Å². The first-order chi connectivity index (χ1) is 14.8. The standard InChI is InChI=1S/C21H15ClN6O3/c22-21-26-8-14(18(23)28-21)10-4-5-13-16(7-10)25-9-15(19(24)29)17(13)27-12-3-1-2-11(6-12)20(30)31/h1-9H,(H2,24,29)(H,25,27)(H,30,31)(H2,23,26,28). The lowest BCUT2D eigenvalue weighted by molar-refractivity contribution is 0.0696. The van der Waals surface area contributed by atoms with Crippen molar-refractivity contribution >= 4 is 51.6 Å². The number of carboxylic acid groups (broad SMARTS) is 1. The Labute approximate surface area is 180 Å². The number of nitrogens with two attached hydrogens (primary N) is 2. The second kappa shape index (κ2) is 7.88. The molecular weight excluding hydrogens is 420 g/mol. The Bertz CT molecular complexity index is 1360. The monoisotopic (exact) mass is 434 g/mol. The molecule has 0 fully saturated rings. The molecule has 0 saturated heterocycles. The van der Waals surface area contributed by atoms with Crippen LogP contribution in [0.2, 0.25) is 5.28 Å². The number of carbonyl (C=O) groups is 2. The highest BCUT2D eigenvalue weighted by Gasteiger charge is 2.16. The minimum Gasteiger partial charge on any atom is -0.478 e. The second-order valence-corrected chi connectivity index (χ2v) is 6.93. The maximum absolute atomic E-state index is 12.0. The van der Waals surface area contributed by atoms with Gasteiger partial charge in [-0.2, -0.15) is 0 Å². The predicted octanol–water partition coefficient (Wildman–Crippen LogP) is 3.47. The Balaban J connectivity index is 1.85. The molecule has 2 heterocycles. The Morgan fingerprint density at radius 1 is 1.06 bits per heavy atom. The fourth-order valence-corrected chi connectivity index (χ4v) is 3.29. The van der Waals surface area contributed by atoms with Gasteiger partial charge in [0.25, 0.3) is 5.91 Å². The highest BCUT2D eigenvalue weighted by molar-refractivity contribution is 6.28. The van der Waals surface area contributed by atoms with Gasteiger partial charge in [0.1, 0.15) is 5.82 Å². The number of halogens is 1. The number of fused-ring (bicyclic) bond motifs is 1. The fraction of sp³-hybridized carbons (Fsp3) is 0. The van der Waals surface area contributed by atoms with Crippen molar-refractivity contribution in [3.05, 3.63) is 71.3 Å². The van der Waals surface area contributed by atoms with Gasteiger partial charge in [0.05, 0.1) is 22.3 Å². The molecule has 0 aliphatic carbocycles. The van der Waals surface area contributed by atoms with Crippen molar-refractivity contribution in [2.75, 3.05) is 11.1 Å². The van der Waals surface area contributed by atoms with Crippen LogP contribution in [-0.4, -0.2) is 31.9 Å². The van der Waals surface area contributed by atoms with E-state index in [1.807, 2.05) is 0 Å². The van der Waals surface area contributed by atoms with Gasteiger partial charge >= 0.3 is 5.97 Å². The molecule has 0 bridgehead atoms. The lowest BCUT2D eigenvalue weighted by Crippen LogP contribution is -2.14. The quantitative estimate of drug-likeness (QED) is 0.347. The van der Waals surface area contributed by atoms with E-state index in [1.54, 1.807) is 30.3 Å². The van der Waals surface area contributed by atoms with Crippen LogP contribution in [0.4, 0.5) is 17.2 Å². The number of hydrogen-bond donors (Lipinski definition) is 4. The zero-order valence-electron chi connectivity index (χ0n) is 15.8. The number of anilines is 3. The van der Waals surface area contributed by atoms with Crippen LogP contribution >= 0.6 is 11.6 Å². The van der Waals surface area contributed by atoms with E-state index in [9.17, 15) is 14.7 Å². The van der Waals surface area contributed by atoms with E-state index in [2.05, 4.69) is 20.3 Å². The molecule has 0 aliphatic heterocycles. The third-order valence-corrected chi connectivity index (χ3v) is 4.80. The van der Waals surface area contributed by atoms with Crippen molar-refractivity contribution in [3.8, 4) is 11.1 Å². The molecule has 0 aliphatic rings. The molecule has 4 rings (SSSR count). The SMILES string of the molecule is NC(=O)c1cnc2cc(-c3cnc(Cl)nc3N)ccc2c1Nc1cccc(C(=O)O)c1. The highest BCUT2D eigenvalue weighted by atomic mass is 35.5. The van der Waals surface area contributed by atoms with Gasteiger partial charge in [-0.1, -0.05) is 18.2 Å². The fourth-order valence-electron chi connectivity index (χ4n) is 3.15. The van der Waals surface area contributed by atoms with Gasteiger partial charge in [-0.05, 0) is 41.4 Å². The molecular formula is C21H15ClN6O3. The first kappa shape index (κ1) is 20.0. The first-order valence-electron chi connectivity index (χ1n) is 8.95. The maximum Gasteiger partial charge on any atom is 0.335 e. The van der Waals surface area contributed by atoms with Gasteiger partial charge in [0.2, 0.25) is 5.28 Å². The minimum absolute atomic E-state index is 0.0429. The van der Waals surface area contributed by atoms with Crippen LogP contribution in [0.5, 0.6) is 0 Å². The molecule has 2 aromatic carbocycles. The Kier molecular flexibility index (Phi) is 5.10. The Hall–Kier alpha value is -4.24. The molecule has 0 spiro atoms. The average molecular weight is 435 g/mol. The van der Waals surface area contributed by atoms with Crippen LogP contribution in [0.15, 0.2) is 54.9 Å². The zero-order chi connectivity index (χ0) is 22.1. The second-order valence-electron chi connectivity index (χ2n) is 6.59. The first-order valence-corrected chi connectivity index (χ1v) is 9.32.